The molecule has 1 aromatic heterocycles. The number of carbonyl (C=O) groups excluding carboxylic acids is 2. The van der Waals surface area contributed by atoms with Gasteiger partial charge in [-0.15, -0.1) is 0 Å². The fourth-order valence-electron chi connectivity index (χ4n) is 1.78. The Morgan fingerprint density at radius 3 is 2.67 bits per heavy atom. The van der Waals surface area contributed by atoms with E-state index in [0.29, 0.717) is 11.6 Å². The summed E-state index contributed by atoms with van der Waals surface area (Å²) < 4.78 is 22.5. The third kappa shape index (κ3) is 5.31. The number of imide groups is 1. The summed E-state index contributed by atoms with van der Waals surface area (Å²) in [6.45, 7) is 0. The first-order valence-corrected chi connectivity index (χ1v) is 8.96. The van der Waals surface area contributed by atoms with Gasteiger partial charge >= 0.3 is 6.03 Å². The zero-order chi connectivity index (χ0) is 15.3. The van der Waals surface area contributed by atoms with Crippen molar-refractivity contribution < 1.29 is 18.0 Å². The normalized spacial score (nSPS) is 19.9. The van der Waals surface area contributed by atoms with Crippen LogP contribution in [-0.2, 0) is 14.6 Å². The van der Waals surface area contributed by atoms with Crippen molar-refractivity contribution in [3.63, 3.8) is 0 Å². The fraction of sp³-hybridized carbons (Fsp3) is 0.455. The van der Waals surface area contributed by atoms with Crippen LogP contribution in [0.3, 0.4) is 0 Å². The van der Waals surface area contributed by atoms with Gasteiger partial charge in [-0.3, -0.25) is 10.1 Å². The summed E-state index contributed by atoms with van der Waals surface area (Å²) in [5.41, 5.74) is 0. The summed E-state index contributed by atoms with van der Waals surface area (Å²) >= 11 is 1.10. The molecular weight excluding hydrogens is 316 g/mol. The van der Waals surface area contributed by atoms with Gasteiger partial charge in [0.25, 0.3) is 0 Å². The van der Waals surface area contributed by atoms with E-state index in [1.807, 2.05) is 0 Å². The molecule has 0 spiro atoms. The second-order valence-corrected chi connectivity index (χ2v) is 7.61. The van der Waals surface area contributed by atoms with Gasteiger partial charge in [-0.2, -0.15) is 0 Å². The van der Waals surface area contributed by atoms with Gasteiger partial charge in [-0.05, 0) is 12.5 Å². The van der Waals surface area contributed by atoms with E-state index in [2.05, 4.69) is 20.6 Å². The molecule has 2 N–H and O–H groups in total. The van der Waals surface area contributed by atoms with E-state index < -0.39 is 27.8 Å². The van der Waals surface area contributed by atoms with Gasteiger partial charge in [0.05, 0.1) is 17.3 Å². The van der Waals surface area contributed by atoms with Crippen LogP contribution >= 0.6 is 11.8 Å². The lowest BCUT2D eigenvalue weighted by atomic mass is 10.3. The number of aromatic nitrogens is 2. The minimum atomic E-state index is -3.06. The molecule has 114 valence electrons. The highest BCUT2D eigenvalue weighted by Crippen LogP contribution is 2.11. The minimum absolute atomic E-state index is 0.000395. The standard InChI is InChI=1S/C11H14N4O4S2/c16-9(6-20-11-12-3-1-4-13-11)15-10(17)14-8-2-5-21(18,19)7-8/h1,3-4,8H,2,5-7H2,(H2,14,15,16,17)/t8-/m0/s1. The average Bonchev–Trinajstić information content (AvgIpc) is 2.76. The molecule has 21 heavy (non-hydrogen) atoms. The Hall–Kier alpha value is -1.68. The van der Waals surface area contributed by atoms with Gasteiger partial charge < -0.3 is 5.32 Å². The third-order valence-corrected chi connectivity index (χ3v) is 5.34. The van der Waals surface area contributed by atoms with Crippen LogP contribution in [0.2, 0.25) is 0 Å². The molecule has 1 saturated heterocycles. The van der Waals surface area contributed by atoms with E-state index in [1.165, 1.54) is 0 Å². The van der Waals surface area contributed by atoms with Crippen molar-refractivity contribution in [2.24, 2.45) is 0 Å². The molecule has 3 amide bonds. The van der Waals surface area contributed by atoms with Crippen LogP contribution in [0.25, 0.3) is 0 Å². The highest BCUT2D eigenvalue weighted by atomic mass is 32.2. The maximum atomic E-state index is 11.6. The number of nitrogens with zero attached hydrogens (tertiary/aromatic N) is 2. The smallest absolute Gasteiger partial charge is 0.321 e. The number of hydrogen-bond acceptors (Lipinski definition) is 7. The van der Waals surface area contributed by atoms with Gasteiger partial charge in [0.15, 0.2) is 15.0 Å². The van der Waals surface area contributed by atoms with E-state index in [9.17, 15) is 18.0 Å². The van der Waals surface area contributed by atoms with Crippen LogP contribution in [0.1, 0.15) is 6.42 Å². The van der Waals surface area contributed by atoms with E-state index in [-0.39, 0.29) is 17.3 Å². The molecule has 1 aliphatic heterocycles. The molecule has 0 aliphatic carbocycles. The SMILES string of the molecule is O=C(CSc1ncccn1)NC(=O)N[C@H]1CCS(=O)(=O)C1. The van der Waals surface area contributed by atoms with Crippen molar-refractivity contribution in [2.45, 2.75) is 17.6 Å². The first-order valence-electron chi connectivity index (χ1n) is 6.15. The van der Waals surface area contributed by atoms with Crippen molar-refractivity contribution in [2.75, 3.05) is 17.3 Å². The molecule has 0 bridgehead atoms. The second kappa shape index (κ2) is 6.85. The van der Waals surface area contributed by atoms with Crippen LogP contribution < -0.4 is 10.6 Å². The molecule has 0 aromatic carbocycles. The Kier molecular flexibility index (Phi) is 5.12. The Morgan fingerprint density at radius 2 is 2.05 bits per heavy atom. The lowest BCUT2D eigenvalue weighted by molar-refractivity contribution is -0.117. The molecule has 0 radical (unpaired) electrons. The maximum absolute atomic E-state index is 11.6. The van der Waals surface area contributed by atoms with Crippen LogP contribution in [0.5, 0.6) is 0 Å². The van der Waals surface area contributed by atoms with E-state index >= 15 is 0 Å². The highest BCUT2D eigenvalue weighted by Gasteiger charge is 2.29. The number of amides is 3. The lowest BCUT2D eigenvalue weighted by Crippen LogP contribution is -2.45. The van der Waals surface area contributed by atoms with Crippen LogP contribution in [0.4, 0.5) is 4.79 Å². The molecule has 1 atom stereocenters. The number of nitrogens with one attached hydrogen (secondary N) is 2. The molecule has 2 rings (SSSR count). The van der Waals surface area contributed by atoms with Crippen LogP contribution in [0.15, 0.2) is 23.6 Å². The number of urea groups is 1. The van der Waals surface area contributed by atoms with Crippen molar-refractivity contribution in [3.05, 3.63) is 18.5 Å². The monoisotopic (exact) mass is 330 g/mol. The van der Waals surface area contributed by atoms with Gasteiger partial charge in [0, 0.05) is 18.4 Å². The molecule has 0 saturated carbocycles. The van der Waals surface area contributed by atoms with Crippen molar-refractivity contribution in [1.29, 1.82) is 0 Å². The summed E-state index contributed by atoms with van der Waals surface area (Å²) in [5, 5.41) is 5.06. The van der Waals surface area contributed by atoms with Gasteiger partial charge in [0.1, 0.15) is 0 Å². The first kappa shape index (κ1) is 15.7. The molecule has 1 aromatic rings. The second-order valence-electron chi connectivity index (χ2n) is 4.44. The van der Waals surface area contributed by atoms with Crippen LogP contribution in [0, 0.1) is 0 Å². The molecule has 1 fully saturated rings. The summed E-state index contributed by atoms with van der Waals surface area (Å²) in [5.74, 6) is -0.514. The molecule has 2 heterocycles. The van der Waals surface area contributed by atoms with E-state index in [4.69, 9.17) is 0 Å². The Balaban J connectivity index is 1.71. The fourth-order valence-corrected chi connectivity index (χ4v) is 4.06. The number of thioether (sulfide) groups is 1. The average molecular weight is 330 g/mol. The van der Waals surface area contributed by atoms with Gasteiger partial charge in [0.2, 0.25) is 5.91 Å². The minimum Gasteiger partial charge on any atom is -0.334 e. The molecule has 10 heteroatoms. The quantitative estimate of drug-likeness (QED) is 0.568. The van der Waals surface area contributed by atoms with Crippen LogP contribution in [-0.4, -0.2) is 53.6 Å². The lowest BCUT2D eigenvalue weighted by Gasteiger charge is -2.10. The third-order valence-electron chi connectivity index (χ3n) is 2.70. The van der Waals surface area contributed by atoms with Crippen molar-refractivity contribution in [1.82, 2.24) is 20.6 Å². The van der Waals surface area contributed by atoms with E-state index in [0.717, 1.165) is 11.8 Å². The summed E-state index contributed by atoms with van der Waals surface area (Å²) in [6, 6.07) is 0.539. The Labute approximate surface area is 126 Å². The van der Waals surface area contributed by atoms with E-state index in [1.54, 1.807) is 18.5 Å². The largest absolute Gasteiger partial charge is 0.334 e. The zero-order valence-electron chi connectivity index (χ0n) is 11.0. The summed E-state index contributed by atoms with van der Waals surface area (Å²) in [4.78, 5) is 31.0. The summed E-state index contributed by atoms with van der Waals surface area (Å²) in [6.07, 6.45) is 3.48. The number of carbonyl (C=O) groups is 2. The number of rotatable bonds is 4. The maximum Gasteiger partial charge on any atom is 0.321 e. The Morgan fingerprint density at radius 1 is 1.33 bits per heavy atom. The highest BCUT2D eigenvalue weighted by molar-refractivity contribution is 7.99. The summed E-state index contributed by atoms with van der Waals surface area (Å²) in [7, 11) is -3.06. The molecular formula is C11H14N4O4S2. The van der Waals surface area contributed by atoms with Gasteiger partial charge in [-0.1, -0.05) is 11.8 Å². The molecule has 1 aliphatic rings. The van der Waals surface area contributed by atoms with Crippen molar-refractivity contribution >= 4 is 33.5 Å². The molecule has 0 unspecified atom stereocenters. The topological polar surface area (TPSA) is 118 Å². The Bertz CT molecular complexity index is 620. The first-order chi connectivity index (χ1) is 9.94. The number of sulfone groups is 1. The predicted molar refractivity (Wildman–Crippen MR) is 76.5 cm³/mol. The molecule has 8 nitrogen and oxygen atoms in total. The van der Waals surface area contributed by atoms with Crippen molar-refractivity contribution in [3.8, 4) is 0 Å². The predicted octanol–water partition coefficient (Wildman–Crippen LogP) is -0.418. The number of hydrogen-bond donors (Lipinski definition) is 2. The van der Waals surface area contributed by atoms with Gasteiger partial charge in [-0.25, -0.2) is 23.2 Å². The zero-order valence-corrected chi connectivity index (χ0v) is 12.6.